The van der Waals surface area contributed by atoms with E-state index >= 15 is 0 Å². The van der Waals surface area contributed by atoms with Crippen molar-refractivity contribution in [2.75, 3.05) is 13.2 Å². The van der Waals surface area contributed by atoms with E-state index in [9.17, 15) is 4.79 Å². The zero-order chi connectivity index (χ0) is 14.3. The van der Waals surface area contributed by atoms with Crippen LogP contribution < -0.4 is 10.6 Å². The molecule has 1 aromatic rings. The predicted octanol–water partition coefficient (Wildman–Crippen LogP) is 2.20. The normalized spacial score (nSPS) is 11.2. The van der Waals surface area contributed by atoms with Crippen LogP contribution in [0.5, 0.6) is 0 Å². The van der Waals surface area contributed by atoms with Gasteiger partial charge in [0.25, 0.3) is 0 Å². The summed E-state index contributed by atoms with van der Waals surface area (Å²) in [4.78, 5) is 11.6. The number of rotatable bonds is 6. The molecule has 0 aliphatic carbocycles. The number of amides is 2. The second-order valence-corrected chi connectivity index (χ2v) is 5.66. The Kier molecular flexibility index (Phi) is 5.83. The van der Waals surface area contributed by atoms with E-state index in [-0.39, 0.29) is 18.1 Å². The third kappa shape index (κ3) is 6.25. The highest BCUT2D eigenvalue weighted by atomic mass is 16.3. The van der Waals surface area contributed by atoms with Gasteiger partial charge in [-0.2, -0.15) is 0 Å². The molecular weight excluding hydrogens is 240 g/mol. The van der Waals surface area contributed by atoms with Crippen LogP contribution in [0.25, 0.3) is 0 Å². The van der Waals surface area contributed by atoms with Gasteiger partial charge in [-0.15, -0.1) is 0 Å². The van der Waals surface area contributed by atoms with Gasteiger partial charge in [-0.25, -0.2) is 4.79 Å². The maximum absolute atomic E-state index is 11.6. The minimum Gasteiger partial charge on any atom is -0.396 e. The van der Waals surface area contributed by atoms with Crippen molar-refractivity contribution >= 4 is 6.03 Å². The highest BCUT2D eigenvalue weighted by molar-refractivity contribution is 5.73. The second-order valence-electron chi connectivity index (χ2n) is 5.66. The van der Waals surface area contributed by atoms with Crippen LogP contribution in [0.3, 0.4) is 0 Å². The van der Waals surface area contributed by atoms with Crippen LogP contribution in [0.1, 0.15) is 31.4 Å². The summed E-state index contributed by atoms with van der Waals surface area (Å²) in [6.07, 6.45) is 0.672. The number of urea groups is 1. The number of aryl methyl sites for hydroxylation is 1. The number of nitrogens with one attached hydrogen (secondary N) is 2. The number of hydrogen-bond donors (Lipinski definition) is 3. The van der Waals surface area contributed by atoms with Crippen LogP contribution >= 0.6 is 0 Å². The Morgan fingerprint density at radius 2 is 1.84 bits per heavy atom. The molecule has 0 aromatic heterocycles. The summed E-state index contributed by atoms with van der Waals surface area (Å²) in [5.74, 6) is 0. The summed E-state index contributed by atoms with van der Waals surface area (Å²) in [5, 5.41) is 14.6. The van der Waals surface area contributed by atoms with Crippen molar-refractivity contribution in [3.63, 3.8) is 0 Å². The SMILES string of the molecule is Cc1ccc(CNC(=O)NCC(C)(C)CCO)cc1. The molecule has 4 heteroatoms. The number of aliphatic hydroxyl groups excluding tert-OH is 1. The Labute approximate surface area is 115 Å². The van der Waals surface area contributed by atoms with E-state index in [1.54, 1.807) is 0 Å². The monoisotopic (exact) mass is 264 g/mol. The number of hydrogen-bond acceptors (Lipinski definition) is 2. The molecule has 1 rings (SSSR count). The van der Waals surface area contributed by atoms with E-state index in [0.717, 1.165) is 5.56 Å². The average Bonchev–Trinajstić information content (AvgIpc) is 2.36. The summed E-state index contributed by atoms with van der Waals surface area (Å²) >= 11 is 0. The zero-order valence-corrected chi connectivity index (χ0v) is 12.0. The van der Waals surface area contributed by atoms with Gasteiger partial charge in [0.15, 0.2) is 0 Å². The van der Waals surface area contributed by atoms with Crippen LogP contribution in [0.15, 0.2) is 24.3 Å². The molecule has 0 saturated heterocycles. The van der Waals surface area contributed by atoms with Crippen molar-refractivity contribution in [2.45, 2.75) is 33.7 Å². The van der Waals surface area contributed by atoms with Crippen molar-refractivity contribution in [2.24, 2.45) is 5.41 Å². The minimum atomic E-state index is -0.174. The largest absolute Gasteiger partial charge is 0.396 e. The molecule has 0 spiro atoms. The van der Waals surface area contributed by atoms with E-state index in [2.05, 4.69) is 10.6 Å². The number of carbonyl (C=O) groups is 1. The number of aliphatic hydroxyl groups is 1. The van der Waals surface area contributed by atoms with Crippen LogP contribution in [0, 0.1) is 12.3 Å². The Hall–Kier alpha value is -1.55. The lowest BCUT2D eigenvalue weighted by Crippen LogP contribution is -2.40. The van der Waals surface area contributed by atoms with Crippen molar-refractivity contribution in [3.8, 4) is 0 Å². The third-order valence-corrected chi connectivity index (χ3v) is 3.09. The molecule has 2 amide bonds. The van der Waals surface area contributed by atoms with Gasteiger partial charge >= 0.3 is 6.03 Å². The third-order valence-electron chi connectivity index (χ3n) is 3.09. The molecular formula is C15H24N2O2. The van der Waals surface area contributed by atoms with Gasteiger partial charge in [0.2, 0.25) is 0 Å². The molecule has 106 valence electrons. The van der Waals surface area contributed by atoms with Gasteiger partial charge in [-0.05, 0) is 24.3 Å². The average molecular weight is 264 g/mol. The quantitative estimate of drug-likeness (QED) is 0.737. The van der Waals surface area contributed by atoms with E-state index in [4.69, 9.17) is 5.11 Å². The Balaban J connectivity index is 2.30. The Morgan fingerprint density at radius 3 is 2.42 bits per heavy atom. The summed E-state index contributed by atoms with van der Waals surface area (Å²) < 4.78 is 0. The van der Waals surface area contributed by atoms with Gasteiger partial charge < -0.3 is 15.7 Å². The first-order valence-electron chi connectivity index (χ1n) is 6.61. The Morgan fingerprint density at radius 1 is 1.21 bits per heavy atom. The van der Waals surface area contributed by atoms with Crippen molar-refractivity contribution in [1.29, 1.82) is 0 Å². The summed E-state index contributed by atoms with van der Waals surface area (Å²) in [6.45, 7) is 7.28. The number of carbonyl (C=O) groups excluding carboxylic acids is 1. The molecule has 0 heterocycles. The molecule has 0 bridgehead atoms. The molecule has 0 saturated carbocycles. The van der Waals surface area contributed by atoms with Gasteiger partial charge in [0.05, 0.1) is 0 Å². The van der Waals surface area contributed by atoms with Gasteiger partial charge in [0.1, 0.15) is 0 Å². The first kappa shape index (κ1) is 15.5. The van der Waals surface area contributed by atoms with Gasteiger partial charge in [-0.1, -0.05) is 43.7 Å². The maximum Gasteiger partial charge on any atom is 0.315 e. The fourth-order valence-corrected chi connectivity index (χ4v) is 1.66. The zero-order valence-electron chi connectivity index (χ0n) is 12.0. The smallest absolute Gasteiger partial charge is 0.315 e. The lowest BCUT2D eigenvalue weighted by molar-refractivity contribution is 0.201. The molecule has 0 aliphatic rings. The molecule has 0 atom stereocenters. The molecule has 0 aliphatic heterocycles. The second kappa shape index (κ2) is 7.14. The molecule has 0 radical (unpaired) electrons. The maximum atomic E-state index is 11.6. The molecule has 4 nitrogen and oxygen atoms in total. The first-order valence-corrected chi connectivity index (χ1v) is 6.61. The molecule has 0 fully saturated rings. The highest BCUT2D eigenvalue weighted by Crippen LogP contribution is 2.17. The molecule has 19 heavy (non-hydrogen) atoms. The molecule has 0 unspecified atom stereocenters. The van der Waals surface area contributed by atoms with Crippen molar-refractivity contribution < 1.29 is 9.90 Å². The topological polar surface area (TPSA) is 61.4 Å². The standard InChI is InChI=1S/C15H24N2O2/c1-12-4-6-13(7-5-12)10-16-14(19)17-11-15(2,3)8-9-18/h4-7,18H,8-11H2,1-3H3,(H2,16,17,19). The summed E-state index contributed by atoms with van der Waals surface area (Å²) in [7, 11) is 0. The van der Waals surface area contributed by atoms with Crippen LogP contribution in [-0.4, -0.2) is 24.3 Å². The van der Waals surface area contributed by atoms with E-state index in [0.29, 0.717) is 19.5 Å². The number of benzene rings is 1. The van der Waals surface area contributed by atoms with E-state index < -0.39 is 0 Å². The molecule has 3 N–H and O–H groups in total. The van der Waals surface area contributed by atoms with E-state index in [1.165, 1.54) is 5.56 Å². The summed E-state index contributed by atoms with van der Waals surface area (Å²) in [5.41, 5.74) is 2.20. The van der Waals surface area contributed by atoms with E-state index in [1.807, 2.05) is 45.0 Å². The van der Waals surface area contributed by atoms with Crippen LogP contribution in [-0.2, 0) is 6.54 Å². The minimum absolute atomic E-state index is 0.0874. The van der Waals surface area contributed by atoms with Crippen LogP contribution in [0.2, 0.25) is 0 Å². The Bertz CT molecular complexity index is 399. The fourth-order valence-electron chi connectivity index (χ4n) is 1.66. The summed E-state index contributed by atoms with van der Waals surface area (Å²) in [6, 6.07) is 7.89. The van der Waals surface area contributed by atoms with Crippen LogP contribution in [0.4, 0.5) is 4.79 Å². The fraction of sp³-hybridized carbons (Fsp3) is 0.533. The highest BCUT2D eigenvalue weighted by Gasteiger charge is 2.17. The van der Waals surface area contributed by atoms with Gasteiger partial charge in [0, 0.05) is 19.7 Å². The molecule has 1 aromatic carbocycles. The van der Waals surface area contributed by atoms with Crippen molar-refractivity contribution in [1.82, 2.24) is 10.6 Å². The van der Waals surface area contributed by atoms with Crippen molar-refractivity contribution in [3.05, 3.63) is 35.4 Å². The van der Waals surface area contributed by atoms with Gasteiger partial charge in [-0.3, -0.25) is 0 Å². The first-order chi connectivity index (χ1) is 8.93. The lowest BCUT2D eigenvalue weighted by atomic mass is 9.90. The lowest BCUT2D eigenvalue weighted by Gasteiger charge is -2.23. The predicted molar refractivity (Wildman–Crippen MR) is 76.9 cm³/mol.